The topological polar surface area (TPSA) is 75.7 Å². The van der Waals surface area contributed by atoms with Crippen LogP contribution in [-0.2, 0) is 14.8 Å². The van der Waals surface area contributed by atoms with E-state index >= 15 is 0 Å². The number of amides is 1. The molecule has 30 heavy (non-hydrogen) atoms. The lowest BCUT2D eigenvalue weighted by Gasteiger charge is -2.19. The van der Waals surface area contributed by atoms with Gasteiger partial charge in [-0.3, -0.25) is 9.10 Å². The average Bonchev–Trinajstić information content (AvgIpc) is 2.75. The number of rotatable bonds is 7. The first-order valence-corrected chi connectivity index (χ1v) is 11.0. The fourth-order valence-corrected chi connectivity index (χ4v) is 4.24. The predicted molar refractivity (Wildman–Crippen MR) is 119 cm³/mol. The molecule has 3 rings (SSSR count). The first-order valence-electron chi connectivity index (χ1n) is 8.79. The average molecular weight is 465 g/mol. The first-order chi connectivity index (χ1) is 14.3. The van der Waals surface area contributed by atoms with Crippen molar-refractivity contribution in [1.82, 2.24) is 0 Å². The van der Waals surface area contributed by atoms with E-state index in [1.807, 2.05) is 0 Å². The van der Waals surface area contributed by atoms with E-state index in [9.17, 15) is 13.2 Å². The van der Waals surface area contributed by atoms with Gasteiger partial charge in [-0.1, -0.05) is 41.4 Å². The van der Waals surface area contributed by atoms with Crippen LogP contribution in [0.3, 0.4) is 0 Å². The van der Waals surface area contributed by atoms with E-state index < -0.39 is 15.9 Å². The monoisotopic (exact) mass is 464 g/mol. The molecule has 0 aliphatic rings. The molecule has 0 bridgehead atoms. The summed E-state index contributed by atoms with van der Waals surface area (Å²) in [6.07, 6.45) is 0. The smallest absolute Gasteiger partial charge is 0.264 e. The summed E-state index contributed by atoms with van der Waals surface area (Å²) >= 11 is 11.9. The highest BCUT2D eigenvalue weighted by molar-refractivity contribution is 7.92. The van der Waals surface area contributed by atoms with Crippen molar-refractivity contribution < 1.29 is 17.9 Å². The number of sulfonamides is 1. The Morgan fingerprint density at radius 1 is 1.00 bits per heavy atom. The quantitative estimate of drug-likeness (QED) is 0.542. The number of hydrogen-bond acceptors (Lipinski definition) is 4. The Bertz CT molecular complexity index is 1140. The van der Waals surface area contributed by atoms with E-state index in [4.69, 9.17) is 27.9 Å². The number of nitrogens with zero attached hydrogens (tertiary/aromatic N) is 1. The fraction of sp³-hybridized carbons (Fsp3) is 0.0952. The van der Waals surface area contributed by atoms with Gasteiger partial charge >= 0.3 is 0 Å². The number of ether oxygens (including phenoxy) is 1. The van der Waals surface area contributed by atoms with Gasteiger partial charge in [-0.15, -0.1) is 0 Å². The molecule has 6 nitrogen and oxygen atoms in total. The van der Waals surface area contributed by atoms with Crippen molar-refractivity contribution in [3.63, 3.8) is 0 Å². The van der Waals surface area contributed by atoms with Crippen molar-refractivity contribution in [2.75, 3.05) is 23.3 Å². The van der Waals surface area contributed by atoms with Crippen molar-refractivity contribution in [3.05, 3.63) is 82.8 Å². The molecule has 0 aliphatic heterocycles. The third-order valence-electron chi connectivity index (χ3n) is 4.18. The molecule has 0 aliphatic carbocycles. The van der Waals surface area contributed by atoms with Gasteiger partial charge in [-0.05, 0) is 54.6 Å². The van der Waals surface area contributed by atoms with Crippen molar-refractivity contribution in [2.45, 2.75) is 4.90 Å². The predicted octanol–water partition coefficient (Wildman–Crippen LogP) is 4.84. The molecule has 1 amide bonds. The van der Waals surface area contributed by atoms with Crippen LogP contribution < -0.4 is 14.4 Å². The van der Waals surface area contributed by atoms with Gasteiger partial charge in [0.05, 0.1) is 21.3 Å². The van der Waals surface area contributed by atoms with Gasteiger partial charge in [0.15, 0.2) is 6.61 Å². The standard InChI is InChI=1S/C21H18Cl2N2O4S/c1-25(30(27,28)18-5-3-2-4-6-18)16-8-10-17(11-9-16)29-14-21(26)24-20-12-7-15(22)13-19(20)23/h2-13H,14H2,1H3,(H,24,26). The number of halogens is 2. The van der Waals surface area contributed by atoms with Crippen LogP contribution in [0.15, 0.2) is 77.7 Å². The number of hydrogen-bond donors (Lipinski definition) is 1. The van der Waals surface area contributed by atoms with E-state index in [1.54, 1.807) is 54.6 Å². The molecule has 0 atom stereocenters. The van der Waals surface area contributed by atoms with Crippen LogP contribution in [0.2, 0.25) is 10.0 Å². The lowest BCUT2D eigenvalue weighted by atomic mass is 10.3. The number of carbonyl (C=O) groups excluding carboxylic acids is 1. The summed E-state index contributed by atoms with van der Waals surface area (Å²) in [5, 5.41) is 3.42. The van der Waals surface area contributed by atoms with Crippen LogP contribution in [-0.4, -0.2) is 28.0 Å². The molecule has 0 heterocycles. The summed E-state index contributed by atoms with van der Waals surface area (Å²) < 4.78 is 32.0. The number of carbonyl (C=O) groups is 1. The van der Waals surface area contributed by atoms with Crippen LogP contribution in [0.4, 0.5) is 11.4 Å². The molecule has 0 spiro atoms. The minimum absolute atomic E-state index is 0.199. The Balaban J connectivity index is 1.61. The Morgan fingerprint density at radius 2 is 1.67 bits per heavy atom. The Kier molecular flexibility index (Phi) is 6.87. The normalized spacial score (nSPS) is 11.0. The lowest BCUT2D eigenvalue weighted by Crippen LogP contribution is -2.26. The maximum absolute atomic E-state index is 12.7. The third-order valence-corrected chi connectivity index (χ3v) is 6.52. The number of anilines is 2. The van der Waals surface area contributed by atoms with E-state index in [2.05, 4.69) is 5.32 Å². The van der Waals surface area contributed by atoms with E-state index in [-0.39, 0.29) is 11.5 Å². The molecular formula is C21H18Cl2N2O4S. The van der Waals surface area contributed by atoms with Gasteiger partial charge in [0.1, 0.15) is 5.75 Å². The zero-order chi connectivity index (χ0) is 21.7. The fourth-order valence-electron chi connectivity index (χ4n) is 2.57. The Hall–Kier alpha value is -2.74. The van der Waals surface area contributed by atoms with Gasteiger partial charge in [0.25, 0.3) is 15.9 Å². The molecule has 3 aromatic carbocycles. The van der Waals surface area contributed by atoms with Crippen molar-refractivity contribution in [2.24, 2.45) is 0 Å². The summed E-state index contributed by atoms with van der Waals surface area (Å²) in [7, 11) is -2.19. The third kappa shape index (κ3) is 5.24. The molecule has 0 fully saturated rings. The van der Waals surface area contributed by atoms with Gasteiger partial charge in [-0.2, -0.15) is 0 Å². The second-order valence-electron chi connectivity index (χ2n) is 6.24. The van der Waals surface area contributed by atoms with Crippen LogP contribution >= 0.6 is 23.2 Å². The molecule has 0 aromatic heterocycles. The van der Waals surface area contributed by atoms with Gasteiger partial charge in [0, 0.05) is 12.1 Å². The summed E-state index contributed by atoms with van der Waals surface area (Å²) in [5.41, 5.74) is 0.890. The van der Waals surface area contributed by atoms with Gasteiger partial charge in [0.2, 0.25) is 0 Å². The highest BCUT2D eigenvalue weighted by atomic mass is 35.5. The van der Waals surface area contributed by atoms with Crippen molar-refractivity contribution >= 4 is 50.5 Å². The highest BCUT2D eigenvalue weighted by Gasteiger charge is 2.20. The molecular weight excluding hydrogens is 447 g/mol. The molecule has 0 saturated heterocycles. The molecule has 3 aromatic rings. The molecule has 1 N–H and O–H groups in total. The lowest BCUT2D eigenvalue weighted by molar-refractivity contribution is -0.118. The molecule has 156 valence electrons. The van der Waals surface area contributed by atoms with Crippen LogP contribution in [0, 0.1) is 0 Å². The number of benzene rings is 3. The molecule has 0 saturated carbocycles. The second kappa shape index (κ2) is 9.38. The second-order valence-corrected chi connectivity index (χ2v) is 9.05. The first kappa shape index (κ1) is 22.0. The van der Waals surface area contributed by atoms with Gasteiger partial charge in [-0.25, -0.2) is 8.42 Å². The van der Waals surface area contributed by atoms with Gasteiger partial charge < -0.3 is 10.1 Å². The van der Waals surface area contributed by atoms with E-state index in [1.165, 1.54) is 29.6 Å². The van der Waals surface area contributed by atoms with Crippen LogP contribution in [0.5, 0.6) is 5.75 Å². The Morgan fingerprint density at radius 3 is 2.30 bits per heavy atom. The van der Waals surface area contributed by atoms with E-state index in [0.717, 1.165) is 0 Å². The minimum Gasteiger partial charge on any atom is -0.484 e. The summed E-state index contributed by atoms with van der Waals surface area (Å²) in [6.45, 7) is -0.240. The molecule has 9 heteroatoms. The maximum atomic E-state index is 12.7. The Labute approximate surface area is 185 Å². The molecule has 0 radical (unpaired) electrons. The molecule has 0 unspecified atom stereocenters. The van der Waals surface area contributed by atoms with Crippen LogP contribution in [0.25, 0.3) is 0 Å². The summed E-state index contributed by atoms with van der Waals surface area (Å²) in [6, 6.07) is 19.3. The zero-order valence-corrected chi connectivity index (χ0v) is 18.2. The zero-order valence-electron chi connectivity index (χ0n) is 15.9. The minimum atomic E-state index is -3.67. The largest absolute Gasteiger partial charge is 0.484 e. The summed E-state index contributed by atoms with van der Waals surface area (Å²) in [5.74, 6) is 0.0219. The SMILES string of the molecule is CN(c1ccc(OCC(=O)Nc2ccc(Cl)cc2Cl)cc1)S(=O)(=O)c1ccccc1. The van der Waals surface area contributed by atoms with Crippen LogP contribution in [0.1, 0.15) is 0 Å². The van der Waals surface area contributed by atoms with Crippen molar-refractivity contribution in [3.8, 4) is 5.75 Å². The number of nitrogens with one attached hydrogen (secondary N) is 1. The van der Waals surface area contributed by atoms with Crippen molar-refractivity contribution in [1.29, 1.82) is 0 Å². The highest BCUT2D eigenvalue weighted by Crippen LogP contribution is 2.26. The maximum Gasteiger partial charge on any atom is 0.264 e. The van der Waals surface area contributed by atoms with E-state index in [0.29, 0.717) is 27.2 Å². The summed E-state index contributed by atoms with van der Waals surface area (Å²) in [4.78, 5) is 12.3.